The number of carbonyl (C=O) groups is 1. The lowest BCUT2D eigenvalue weighted by atomic mass is 10.1. The van der Waals surface area contributed by atoms with E-state index < -0.39 is 0 Å². The molecule has 5 nitrogen and oxygen atoms in total. The van der Waals surface area contributed by atoms with Gasteiger partial charge in [-0.3, -0.25) is 14.7 Å². The SMILES string of the molecule is CC(NC(=O)c1cc2c(n1C)CCN(Cc1ccccc1)C2)c1ccccn1. The molecular weight excluding hydrogens is 348 g/mol. The highest BCUT2D eigenvalue weighted by Gasteiger charge is 2.24. The highest BCUT2D eigenvalue weighted by molar-refractivity contribution is 5.93. The highest BCUT2D eigenvalue weighted by Crippen LogP contribution is 2.24. The van der Waals surface area contributed by atoms with Gasteiger partial charge in [0.25, 0.3) is 5.91 Å². The van der Waals surface area contributed by atoms with Crippen LogP contribution in [0.25, 0.3) is 0 Å². The third-order valence-corrected chi connectivity index (χ3v) is 5.47. The second kappa shape index (κ2) is 7.98. The number of nitrogens with one attached hydrogen (secondary N) is 1. The van der Waals surface area contributed by atoms with Crippen molar-refractivity contribution in [2.24, 2.45) is 7.05 Å². The van der Waals surface area contributed by atoms with Crippen molar-refractivity contribution in [3.05, 3.63) is 89.0 Å². The molecule has 0 fully saturated rings. The van der Waals surface area contributed by atoms with Gasteiger partial charge in [-0.15, -0.1) is 0 Å². The van der Waals surface area contributed by atoms with Gasteiger partial charge in [-0.25, -0.2) is 0 Å². The molecule has 4 rings (SSSR count). The molecular formula is C23H26N4O. The molecule has 0 saturated carbocycles. The van der Waals surface area contributed by atoms with Crippen molar-refractivity contribution >= 4 is 5.91 Å². The molecule has 3 heterocycles. The number of nitrogens with zero attached hydrogens (tertiary/aromatic N) is 3. The molecule has 5 heteroatoms. The fraction of sp³-hybridized carbons (Fsp3) is 0.304. The molecule has 1 unspecified atom stereocenters. The normalized spacial score (nSPS) is 15.1. The van der Waals surface area contributed by atoms with Gasteiger partial charge in [-0.05, 0) is 36.2 Å². The Morgan fingerprint density at radius 3 is 2.71 bits per heavy atom. The van der Waals surface area contributed by atoms with Crippen LogP contribution in [0.5, 0.6) is 0 Å². The zero-order valence-corrected chi connectivity index (χ0v) is 16.4. The molecule has 1 aliphatic heterocycles. The number of hydrogen-bond acceptors (Lipinski definition) is 3. The number of amides is 1. The van der Waals surface area contributed by atoms with Gasteiger partial charge in [0.15, 0.2) is 0 Å². The van der Waals surface area contributed by atoms with Crippen LogP contribution in [0.3, 0.4) is 0 Å². The summed E-state index contributed by atoms with van der Waals surface area (Å²) in [4.78, 5) is 19.6. The monoisotopic (exact) mass is 374 g/mol. The largest absolute Gasteiger partial charge is 0.343 e. The maximum absolute atomic E-state index is 12.9. The van der Waals surface area contributed by atoms with Crippen LogP contribution >= 0.6 is 0 Å². The van der Waals surface area contributed by atoms with Crippen molar-refractivity contribution in [3.63, 3.8) is 0 Å². The van der Waals surface area contributed by atoms with E-state index in [4.69, 9.17) is 0 Å². The summed E-state index contributed by atoms with van der Waals surface area (Å²) in [6.07, 6.45) is 2.71. The van der Waals surface area contributed by atoms with E-state index >= 15 is 0 Å². The Morgan fingerprint density at radius 1 is 1.18 bits per heavy atom. The second-order valence-electron chi connectivity index (χ2n) is 7.46. The Balaban J connectivity index is 1.46. The van der Waals surface area contributed by atoms with E-state index in [1.165, 1.54) is 16.8 Å². The lowest BCUT2D eigenvalue weighted by molar-refractivity contribution is 0.0930. The number of benzene rings is 1. The zero-order chi connectivity index (χ0) is 19.5. The Hall–Kier alpha value is -2.92. The summed E-state index contributed by atoms with van der Waals surface area (Å²) >= 11 is 0. The summed E-state index contributed by atoms with van der Waals surface area (Å²) < 4.78 is 2.05. The molecule has 1 aromatic carbocycles. The summed E-state index contributed by atoms with van der Waals surface area (Å²) in [5.41, 5.74) is 5.42. The molecule has 0 saturated heterocycles. The van der Waals surface area contributed by atoms with E-state index in [0.717, 1.165) is 31.7 Å². The average Bonchev–Trinajstić information content (AvgIpc) is 3.05. The van der Waals surface area contributed by atoms with Crippen molar-refractivity contribution < 1.29 is 4.79 Å². The van der Waals surface area contributed by atoms with Crippen LogP contribution in [0.2, 0.25) is 0 Å². The lowest BCUT2D eigenvalue weighted by Gasteiger charge is -2.27. The molecule has 28 heavy (non-hydrogen) atoms. The van der Waals surface area contributed by atoms with Crippen LogP contribution in [0.15, 0.2) is 60.8 Å². The number of carbonyl (C=O) groups excluding carboxylic acids is 1. The highest BCUT2D eigenvalue weighted by atomic mass is 16.2. The van der Waals surface area contributed by atoms with Crippen molar-refractivity contribution in [1.82, 2.24) is 19.8 Å². The molecule has 0 radical (unpaired) electrons. The Morgan fingerprint density at radius 2 is 1.96 bits per heavy atom. The number of pyridine rings is 1. The maximum Gasteiger partial charge on any atom is 0.268 e. The first-order valence-electron chi connectivity index (χ1n) is 9.77. The number of rotatable bonds is 5. The summed E-state index contributed by atoms with van der Waals surface area (Å²) in [5, 5.41) is 3.08. The van der Waals surface area contributed by atoms with E-state index in [-0.39, 0.29) is 11.9 Å². The molecule has 0 bridgehead atoms. The van der Waals surface area contributed by atoms with Gasteiger partial charge in [0.2, 0.25) is 0 Å². The Bertz CT molecular complexity index is 949. The van der Waals surface area contributed by atoms with Crippen molar-refractivity contribution in [3.8, 4) is 0 Å². The van der Waals surface area contributed by atoms with Crippen LogP contribution < -0.4 is 5.32 Å². The minimum atomic E-state index is -0.129. The molecule has 0 spiro atoms. The molecule has 1 N–H and O–H groups in total. The van der Waals surface area contributed by atoms with E-state index in [0.29, 0.717) is 5.69 Å². The number of hydrogen-bond donors (Lipinski definition) is 1. The molecule has 1 aliphatic rings. The standard InChI is InChI=1S/C23H26N4O/c1-17(20-10-6-7-12-24-20)25-23(28)22-14-19-16-27(13-11-21(19)26(22)2)15-18-8-4-3-5-9-18/h3-10,12,14,17H,11,13,15-16H2,1-2H3,(H,25,28). The quantitative estimate of drug-likeness (QED) is 0.744. The Labute approximate surface area is 166 Å². The summed E-state index contributed by atoms with van der Waals surface area (Å²) in [6, 6.07) is 18.2. The van der Waals surface area contributed by atoms with Gasteiger partial charge in [-0.2, -0.15) is 0 Å². The lowest BCUT2D eigenvalue weighted by Crippen LogP contribution is -2.31. The van der Waals surface area contributed by atoms with Crippen LogP contribution in [0.1, 0.15) is 46.0 Å². The number of aromatic nitrogens is 2. The minimum Gasteiger partial charge on any atom is -0.343 e. The fourth-order valence-electron chi connectivity index (χ4n) is 3.93. The van der Waals surface area contributed by atoms with Crippen molar-refractivity contribution in [2.45, 2.75) is 32.5 Å². The van der Waals surface area contributed by atoms with Gasteiger partial charge in [0.1, 0.15) is 5.69 Å². The molecule has 144 valence electrons. The first kappa shape index (κ1) is 18.4. The first-order chi connectivity index (χ1) is 13.6. The van der Waals surface area contributed by atoms with Gasteiger partial charge >= 0.3 is 0 Å². The minimum absolute atomic E-state index is 0.0512. The molecule has 0 aliphatic carbocycles. The topological polar surface area (TPSA) is 50.2 Å². The molecule has 1 atom stereocenters. The van der Waals surface area contributed by atoms with Crippen LogP contribution in [-0.2, 0) is 26.6 Å². The van der Waals surface area contributed by atoms with E-state index in [9.17, 15) is 4.79 Å². The predicted molar refractivity (Wildman–Crippen MR) is 110 cm³/mol. The maximum atomic E-state index is 12.9. The number of fused-ring (bicyclic) bond motifs is 1. The second-order valence-corrected chi connectivity index (χ2v) is 7.46. The zero-order valence-electron chi connectivity index (χ0n) is 16.4. The van der Waals surface area contributed by atoms with Gasteiger partial charge in [0.05, 0.1) is 11.7 Å². The van der Waals surface area contributed by atoms with E-state index in [1.807, 2.05) is 44.3 Å². The third-order valence-electron chi connectivity index (χ3n) is 5.47. The van der Waals surface area contributed by atoms with E-state index in [2.05, 4.69) is 44.0 Å². The van der Waals surface area contributed by atoms with Crippen LogP contribution in [-0.4, -0.2) is 26.9 Å². The van der Waals surface area contributed by atoms with Gasteiger partial charge in [0, 0.05) is 45.0 Å². The third kappa shape index (κ3) is 3.85. The first-order valence-corrected chi connectivity index (χ1v) is 9.77. The summed E-state index contributed by atoms with van der Waals surface area (Å²) in [5.74, 6) is -0.0512. The van der Waals surface area contributed by atoms with Crippen LogP contribution in [0.4, 0.5) is 0 Å². The fourth-order valence-corrected chi connectivity index (χ4v) is 3.93. The van der Waals surface area contributed by atoms with Gasteiger partial charge < -0.3 is 9.88 Å². The van der Waals surface area contributed by atoms with Gasteiger partial charge in [-0.1, -0.05) is 36.4 Å². The molecule has 3 aromatic rings. The van der Waals surface area contributed by atoms with Crippen LogP contribution in [0, 0.1) is 0 Å². The molecule has 1 amide bonds. The smallest absolute Gasteiger partial charge is 0.268 e. The summed E-state index contributed by atoms with van der Waals surface area (Å²) in [6.45, 7) is 4.78. The Kier molecular flexibility index (Phi) is 5.26. The van der Waals surface area contributed by atoms with Crippen molar-refractivity contribution in [2.75, 3.05) is 6.54 Å². The predicted octanol–water partition coefficient (Wildman–Crippen LogP) is 3.47. The van der Waals surface area contributed by atoms with Crippen molar-refractivity contribution in [1.29, 1.82) is 0 Å². The van der Waals surface area contributed by atoms with E-state index in [1.54, 1.807) is 6.20 Å². The molecule has 2 aromatic heterocycles. The average molecular weight is 374 g/mol. The summed E-state index contributed by atoms with van der Waals surface area (Å²) in [7, 11) is 1.99.